The van der Waals surface area contributed by atoms with E-state index in [4.69, 9.17) is 20.5 Å². The maximum absolute atomic E-state index is 15.3. The second-order valence-corrected chi connectivity index (χ2v) is 7.50. The lowest BCUT2D eigenvalue weighted by atomic mass is 9.81. The average Bonchev–Trinajstić information content (AvgIpc) is 2.82. The van der Waals surface area contributed by atoms with E-state index in [0.29, 0.717) is 5.56 Å². The molecule has 28 heavy (non-hydrogen) atoms. The van der Waals surface area contributed by atoms with Crippen molar-refractivity contribution in [3.63, 3.8) is 0 Å². The Labute approximate surface area is 163 Å². The first kappa shape index (κ1) is 22.5. The van der Waals surface area contributed by atoms with Crippen LogP contribution in [0, 0.1) is 12.3 Å². The SMILES string of the molecule is C#CCOCCC(=C(F)B1OC(C)(C)C(C)(C)O1)c1ccc(C(F)(F)F)cc1. The van der Waals surface area contributed by atoms with Crippen LogP contribution >= 0.6 is 0 Å². The predicted octanol–water partition coefficient (Wildman–Crippen LogP) is 5.06. The van der Waals surface area contributed by atoms with Gasteiger partial charge in [-0.2, -0.15) is 13.2 Å². The number of terminal acetylenes is 1. The molecule has 1 aliphatic rings. The van der Waals surface area contributed by atoms with Crippen LogP contribution in [0.2, 0.25) is 0 Å². The average molecular weight is 398 g/mol. The first-order chi connectivity index (χ1) is 12.9. The third kappa shape index (κ3) is 4.96. The minimum Gasteiger partial charge on any atom is -0.398 e. The van der Waals surface area contributed by atoms with Crippen molar-refractivity contribution in [1.29, 1.82) is 0 Å². The lowest BCUT2D eigenvalue weighted by Crippen LogP contribution is -2.41. The third-order valence-corrected chi connectivity index (χ3v) is 4.99. The molecule has 1 fully saturated rings. The maximum atomic E-state index is 15.3. The van der Waals surface area contributed by atoms with Gasteiger partial charge in [-0.1, -0.05) is 18.1 Å². The topological polar surface area (TPSA) is 27.7 Å². The summed E-state index contributed by atoms with van der Waals surface area (Å²) in [5.74, 6) is 2.30. The molecule has 0 bridgehead atoms. The molecule has 0 saturated carbocycles. The van der Waals surface area contributed by atoms with Crippen molar-refractivity contribution in [3.8, 4) is 12.3 Å². The van der Waals surface area contributed by atoms with Crippen molar-refractivity contribution >= 4 is 12.7 Å². The fourth-order valence-corrected chi connectivity index (χ4v) is 2.66. The largest absolute Gasteiger partial charge is 0.525 e. The number of halogens is 4. The summed E-state index contributed by atoms with van der Waals surface area (Å²) in [5.41, 5.74) is -2.55. The molecule has 3 nitrogen and oxygen atoms in total. The normalized spacial score (nSPS) is 19.3. The van der Waals surface area contributed by atoms with Crippen LogP contribution in [0.5, 0.6) is 0 Å². The summed E-state index contributed by atoms with van der Waals surface area (Å²) in [5, 5.41) is 0. The summed E-state index contributed by atoms with van der Waals surface area (Å²) in [6, 6.07) is 4.28. The van der Waals surface area contributed by atoms with Crippen LogP contribution in [0.3, 0.4) is 0 Å². The van der Waals surface area contributed by atoms with E-state index in [-0.39, 0.29) is 25.2 Å². The highest BCUT2D eigenvalue weighted by Gasteiger charge is 2.53. The molecule has 0 amide bonds. The molecule has 0 radical (unpaired) electrons. The Balaban J connectivity index is 2.36. The number of rotatable bonds is 6. The van der Waals surface area contributed by atoms with Crippen molar-refractivity contribution in [2.45, 2.75) is 51.5 Å². The highest BCUT2D eigenvalue weighted by atomic mass is 19.4. The summed E-state index contributed by atoms with van der Waals surface area (Å²) < 4.78 is 70.4. The van der Waals surface area contributed by atoms with Crippen molar-refractivity contribution in [2.75, 3.05) is 13.2 Å². The van der Waals surface area contributed by atoms with Crippen molar-refractivity contribution in [3.05, 3.63) is 41.1 Å². The smallest absolute Gasteiger partial charge is 0.398 e. The van der Waals surface area contributed by atoms with Gasteiger partial charge in [0.15, 0.2) is 0 Å². The number of hydrogen-bond donors (Lipinski definition) is 0. The molecule has 1 aromatic rings. The standard InChI is InChI=1S/C20H23BF4O3/c1-6-12-26-13-11-16(14-7-9-15(10-8-14)20(23,24)25)17(22)21-27-18(2,3)19(4,5)28-21/h1,7-10H,11-13H2,2-5H3. The first-order valence-electron chi connectivity index (χ1n) is 8.82. The molecule has 2 rings (SSSR count). The quantitative estimate of drug-likeness (QED) is 0.290. The van der Waals surface area contributed by atoms with E-state index in [9.17, 15) is 13.2 Å². The van der Waals surface area contributed by atoms with Gasteiger partial charge in [0.05, 0.1) is 23.4 Å². The molecule has 0 atom stereocenters. The minimum absolute atomic E-state index is 0.0540. The Kier molecular flexibility index (Phi) is 6.64. The molecule has 0 spiro atoms. The van der Waals surface area contributed by atoms with Gasteiger partial charge in [-0.15, -0.1) is 6.42 Å². The number of ether oxygens (including phenoxy) is 1. The molecule has 1 saturated heterocycles. The Bertz CT molecular complexity index is 745. The van der Waals surface area contributed by atoms with E-state index >= 15 is 4.39 Å². The zero-order valence-electron chi connectivity index (χ0n) is 16.3. The predicted molar refractivity (Wildman–Crippen MR) is 99.8 cm³/mol. The van der Waals surface area contributed by atoms with Crippen LogP contribution in [0.1, 0.15) is 45.2 Å². The van der Waals surface area contributed by atoms with E-state index in [1.165, 1.54) is 12.1 Å². The van der Waals surface area contributed by atoms with Crippen LogP contribution in [-0.4, -0.2) is 31.5 Å². The summed E-state index contributed by atoms with van der Waals surface area (Å²) in [4.78, 5) is 0. The van der Waals surface area contributed by atoms with Gasteiger partial charge in [0, 0.05) is 0 Å². The molecule has 8 heteroatoms. The Morgan fingerprint density at radius 3 is 2.11 bits per heavy atom. The number of hydrogen-bond acceptors (Lipinski definition) is 3. The molecule has 152 valence electrons. The monoisotopic (exact) mass is 398 g/mol. The van der Waals surface area contributed by atoms with E-state index < -0.39 is 35.8 Å². The van der Waals surface area contributed by atoms with E-state index in [1.54, 1.807) is 27.7 Å². The van der Waals surface area contributed by atoms with Crippen LogP contribution in [-0.2, 0) is 20.2 Å². The molecule has 0 N–H and O–H groups in total. The van der Waals surface area contributed by atoms with Gasteiger partial charge in [-0.3, -0.25) is 0 Å². The molecule has 0 aliphatic carbocycles. The third-order valence-electron chi connectivity index (χ3n) is 4.99. The van der Waals surface area contributed by atoms with Crippen LogP contribution < -0.4 is 0 Å². The fraction of sp³-hybridized carbons (Fsp3) is 0.500. The van der Waals surface area contributed by atoms with Gasteiger partial charge in [-0.25, -0.2) is 4.39 Å². The van der Waals surface area contributed by atoms with Gasteiger partial charge in [-0.05, 0) is 57.4 Å². The Morgan fingerprint density at radius 1 is 1.11 bits per heavy atom. The molecule has 0 unspecified atom stereocenters. The van der Waals surface area contributed by atoms with E-state index in [1.807, 2.05) is 0 Å². The van der Waals surface area contributed by atoms with Crippen molar-refractivity contribution < 1.29 is 31.6 Å². The zero-order chi connectivity index (χ0) is 21.2. The fourth-order valence-electron chi connectivity index (χ4n) is 2.66. The molecular formula is C20H23BF4O3. The first-order valence-corrected chi connectivity index (χ1v) is 8.82. The lowest BCUT2D eigenvalue weighted by molar-refractivity contribution is -0.137. The highest BCUT2D eigenvalue weighted by molar-refractivity contribution is 6.55. The van der Waals surface area contributed by atoms with E-state index in [0.717, 1.165) is 12.1 Å². The summed E-state index contributed by atoms with van der Waals surface area (Å²) in [6.45, 7) is 7.30. The minimum atomic E-state index is -4.47. The number of benzene rings is 1. The van der Waals surface area contributed by atoms with Crippen LogP contribution in [0.15, 0.2) is 30.0 Å². The molecule has 0 aromatic heterocycles. The number of alkyl halides is 3. The van der Waals surface area contributed by atoms with Crippen molar-refractivity contribution in [1.82, 2.24) is 0 Å². The Hall–Kier alpha value is -1.82. The maximum Gasteiger partial charge on any atom is 0.525 e. The molecular weight excluding hydrogens is 375 g/mol. The van der Waals surface area contributed by atoms with Crippen molar-refractivity contribution in [2.24, 2.45) is 0 Å². The molecule has 1 aromatic carbocycles. The van der Waals surface area contributed by atoms with E-state index in [2.05, 4.69) is 5.92 Å². The van der Waals surface area contributed by atoms with Crippen LogP contribution in [0.25, 0.3) is 5.57 Å². The van der Waals surface area contributed by atoms with Gasteiger partial charge >= 0.3 is 13.3 Å². The van der Waals surface area contributed by atoms with Crippen LogP contribution in [0.4, 0.5) is 17.6 Å². The lowest BCUT2D eigenvalue weighted by Gasteiger charge is -2.32. The summed E-state index contributed by atoms with van der Waals surface area (Å²) >= 11 is 0. The van der Waals surface area contributed by atoms with Gasteiger partial charge in [0.25, 0.3) is 0 Å². The second kappa shape index (κ2) is 8.28. The van der Waals surface area contributed by atoms with Gasteiger partial charge in [0.1, 0.15) is 12.3 Å². The highest BCUT2D eigenvalue weighted by Crippen LogP contribution is 2.41. The zero-order valence-corrected chi connectivity index (χ0v) is 16.3. The molecule has 1 aliphatic heterocycles. The van der Waals surface area contributed by atoms with Gasteiger partial charge in [0.2, 0.25) is 0 Å². The molecule has 1 heterocycles. The summed E-state index contributed by atoms with van der Waals surface area (Å²) in [7, 11) is -1.25. The Morgan fingerprint density at radius 2 is 1.64 bits per heavy atom. The summed E-state index contributed by atoms with van der Waals surface area (Å²) in [6.07, 6.45) is 0.756. The second-order valence-electron chi connectivity index (χ2n) is 7.50. The van der Waals surface area contributed by atoms with Gasteiger partial charge < -0.3 is 14.0 Å².